The van der Waals surface area contributed by atoms with Crippen molar-refractivity contribution < 1.29 is 4.74 Å². The van der Waals surface area contributed by atoms with Crippen LogP contribution in [0, 0.1) is 0 Å². The molecule has 0 unspecified atom stereocenters. The summed E-state index contributed by atoms with van der Waals surface area (Å²) in [6, 6.07) is 2.40. The number of ether oxygens (including phenoxy) is 1. The molecule has 4 rings (SSSR count). The highest BCUT2D eigenvalue weighted by atomic mass is 32.2. The van der Waals surface area contributed by atoms with Crippen molar-refractivity contribution in [2.45, 2.75) is 77.2 Å². The highest BCUT2D eigenvalue weighted by molar-refractivity contribution is 7.99. The molecule has 1 aliphatic heterocycles. The number of nitrogens with zero attached hydrogens (tertiary/aromatic N) is 5. The third kappa shape index (κ3) is 6.53. The molecule has 0 bridgehead atoms. The van der Waals surface area contributed by atoms with Gasteiger partial charge >= 0.3 is 0 Å². The third-order valence-corrected chi connectivity index (χ3v) is 8.88. The monoisotopic (exact) mass is 491 g/mol. The number of thioether (sulfide) groups is 1. The first-order valence-corrected chi connectivity index (χ1v) is 14.4. The van der Waals surface area contributed by atoms with E-state index in [9.17, 15) is 0 Å². The van der Waals surface area contributed by atoms with Crippen LogP contribution >= 0.6 is 23.1 Å². The van der Waals surface area contributed by atoms with Crippen LogP contribution in [-0.2, 0) is 24.1 Å². The van der Waals surface area contributed by atoms with Crippen LogP contribution in [0.15, 0.2) is 6.07 Å². The fraction of sp³-hybridized carbons (Fsp3) is 0.760. The van der Waals surface area contributed by atoms with Gasteiger partial charge in [0.05, 0.1) is 17.1 Å². The van der Waals surface area contributed by atoms with Gasteiger partial charge in [-0.2, -0.15) is 11.8 Å². The van der Waals surface area contributed by atoms with E-state index in [0.717, 1.165) is 56.9 Å². The zero-order valence-corrected chi connectivity index (χ0v) is 22.7. The average Bonchev–Trinajstić information content (AvgIpc) is 3.29. The van der Waals surface area contributed by atoms with E-state index in [-0.39, 0.29) is 5.60 Å². The lowest BCUT2D eigenvalue weighted by molar-refractivity contribution is -0.0850. The summed E-state index contributed by atoms with van der Waals surface area (Å²) in [6.45, 7) is 14.6. The maximum Gasteiger partial charge on any atom is 0.227 e. The largest absolute Gasteiger partial charge is 0.373 e. The number of morpholine rings is 1. The molecule has 8 heteroatoms. The Morgan fingerprint density at radius 1 is 1.18 bits per heavy atom. The van der Waals surface area contributed by atoms with Crippen LogP contribution < -0.4 is 4.90 Å². The number of thiophene rings is 1. The van der Waals surface area contributed by atoms with Gasteiger partial charge in [-0.25, -0.2) is 0 Å². The van der Waals surface area contributed by atoms with Crippen molar-refractivity contribution in [3.8, 4) is 10.7 Å². The summed E-state index contributed by atoms with van der Waals surface area (Å²) in [5.74, 6) is 3.11. The lowest BCUT2D eigenvalue weighted by Gasteiger charge is -2.38. The smallest absolute Gasteiger partial charge is 0.227 e. The number of aromatic nitrogens is 3. The number of likely N-dealkylation sites (N-methyl/N-ethyl adjacent to an activating group) is 1. The van der Waals surface area contributed by atoms with E-state index in [2.05, 4.69) is 55.2 Å². The Balaban J connectivity index is 1.51. The number of fused-ring (bicyclic) bond motifs is 1. The molecule has 2 aromatic rings. The van der Waals surface area contributed by atoms with Gasteiger partial charge in [-0.1, -0.05) is 20.3 Å². The van der Waals surface area contributed by atoms with Crippen molar-refractivity contribution in [1.29, 1.82) is 0 Å². The summed E-state index contributed by atoms with van der Waals surface area (Å²) in [7, 11) is 2.16. The number of hydrogen-bond donors (Lipinski definition) is 0. The van der Waals surface area contributed by atoms with Gasteiger partial charge in [0, 0.05) is 50.4 Å². The van der Waals surface area contributed by atoms with Crippen LogP contribution in [0.5, 0.6) is 0 Å². The van der Waals surface area contributed by atoms with Crippen molar-refractivity contribution in [3.05, 3.63) is 16.5 Å². The molecule has 6 nitrogen and oxygen atoms in total. The first kappa shape index (κ1) is 25.0. The average molecular weight is 492 g/mol. The number of aryl methyl sites for hydroxylation is 2. The Bertz CT molecular complexity index is 883. The second-order valence-electron chi connectivity index (χ2n) is 10.3. The van der Waals surface area contributed by atoms with Crippen molar-refractivity contribution in [2.75, 3.05) is 50.5 Å². The molecule has 2 aromatic heterocycles. The Hall–Kier alpha value is -1.09. The number of rotatable bonds is 9. The van der Waals surface area contributed by atoms with Gasteiger partial charge in [0.1, 0.15) is 0 Å². The summed E-state index contributed by atoms with van der Waals surface area (Å²) in [5.41, 5.74) is 1.48. The standard InChI is InChI=1S/C25H41N5OS2/c1-19(2)32-16-14-30-23(22-17-20-9-7-6-8-10-21(20)33-22)26-27-24(30)28(5)11-12-29-13-15-31-25(3,4)18-29/h17,19H,6-16,18H2,1-5H3. The molecule has 0 aromatic carbocycles. The van der Waals surface area contributed by atoms with Gasteiger partial charge in [-0.05, 0) is 56.4 Å². The molecule has 184 valence electrons. The summed E-state index contributed by atoms with van der Waals surface area (Å²) in [5, 5.41) is 10.1. The highest BCUT2D eigenvalue weighted by Crippen LogP contribution is 2.35. The lowest BCUT2D eigenvalue weighted by atomic mass is 10.1. The molecular formula is C25H41N5OS2. The molecule has 1 aliphatic carbocycles. The molecule has 33 heavy (non-hydrogen) atoms. The predicted molar refractivity (Wildman–Crippen MR) is 142 cm³/mol. The van der Waals surface area contributed by atoms with Crippen LogP contribution in [0.25, 0.3) is 10.7 Å². The maximum absolute atomic E-state index is 5.88. The van der Waals surface area contributed by atoms with Crippen molar-refractivity contribution in [2.24, 2.45) is 0 Å². The third-order valence-electron chi connectivity index (χ3n) is 6.56. The zero-order valence-electron chi connectivity index (χ0n) is 21.1. The van der Waals surface area contributed by atoms with Crippen LogP contribution in [0.2, 0.25) is 0 Å². The van der Waals surface area contributed by atoms with Crippen LogP contribution in [0.1, 0.15) is 57.4 Å². The van der Waals surface area contributed by atoms with Gasteiger partial charge < -0.3 is 9.64 Å². The fourth-order valence-corrected chi connectivity index (χ4v) is 6.83. The van der Waals surface area contributed by atoms with E-state index in [1.54, 1.807) is 10.4 Å². The Morgan fingerprint density at radius 2 is 2.00 bits per heavy atom. The van der Waals surface area contributed by atoms with Crippen LogP contribution in [0.3, 0.4) is 0 Å². The van der Waals surface area contributed by atoms with Gasteiger partial charge in [-0.3, -0.25) is 9.47 Å². The minimum atomic E-state index is -0.0603. The first-order valence-electron chi connectivity index (χ1n) is 12.6. The van der Waals surface area contributed by atoms with E-state index >= 15 is 0 Å². The van der Waals surface area contributed by atoms with Gasteiger partial charge in [0.2, 0.25) is 5.95 Å². The summed E-state index contributed by atoms with van der Waals surface area (Å²) >= 11 is 3.95. The molecule has 2 aliphatic rings. The first-order chi connectivity index (χ1) is 15.8. The maximum atomic E-state index is 5.88. The van der Waals surface area contributed by atoms with E-state index in [1.165, 1.54) is 37.0 Å². The number of hydrogen-bond acceptors (Lipinski definition) is 7. The Labute approximate surface area is 208 Å². The quantitative estimate of drug-likeness (QED) is 0.462. The van der Waals surface area contributed by atoms with Crippen LogP contribution in [0.4, 0.5) is 5.95 Å². The Morgan fingerprint density at radius 3 is 2.79 bits per heavy atom. The molecule has 1 saturated heterocycles. The van der Waals surface area contributed by atoms with Crippen molar-refractivity contribution in [3.63, 3.8) is 0 Å². The lowest BCUT2D eigenvalue weighted by Crippen LogP contribution is -2.50. The SMILES string of the molecule is CC(C)SCCn1c(-c2cc3c(s2)CCCCC3)nnc1N(C)CCN1CCOC(C)(C)C1. The molecule has 0 saturated carbocycles. The molecule has 3 heterocycles. The summed E-state index contributed by atoms with van der Waals surface area (Å²) < 4.78 is 8.25. The molecule has 0 spiro atoms. The van der Waals surface area contributed by atoms with Crippen molar-refractivity contribution in [1.82, 2.24) is 19.7 Å². The summed E-state index contributed by atoms with van der Waals surface area (Å²) in [4.78, 5) is 7.65. The van der Waals surface area contributed by atoms with E-state index < -0.39 is 0 Å². The topological polar surface area (TPSA) is 46.4 Å². The summed E-state index contributed by atoms with van der Waals surface area (Å²) in [6.07, 6.45) is 6.42. The zero-order chi connectivity index (χ0) is 23.4. The van der Waals surface area contributed by atoms with Gasteiger partial charge in [-0.15, -0.1) is 21.5 Å². The van der Waals surface area contributed by atoms with E-state index in [1.807, 2.05) is 23.1 Å². The predicted octanol–water partition coefficient (Wildman–Crippen LogP) is 4.96. The second kappa shape index (κ2) is 11.1. The molecule has 1 fully saturated rings. The Kier molecular flexibility index (Phi) is 8.42. The molecule has 0 amide bonds. The number of anilines is 1. The second-order valence-corrected chi connectivity index (χ2v) is 13.1. The molecular weight excluding hydrogens is 450 g/mol. The van der Waals surface area contributed by atoms with Gasteiger partial charge in [0.15, 0.2) is 5.82 Å². The minimum absolute atomic E-state index is 0.0603. The van der Waals surface area contributed by atoms with Crippen molar-refractivity contribution >= 4 is 29.0 Å². The molecule has 0 radical (unpaired) electrons. The normalized spacial score (nSPS) is 19.0. The van der Waals surface area contributed by atoms with Gasteiger partial charge in [0.25, 0.3) is 0 Å². The van der Waals surface area contributed by atoms with E-state index in [4.69, 9.17) is 14.9 Å². The molecule has 0 atom stereocenters. The molecule has 0 N–H and O–H groups in total. The van der Waals surface area contributed by atoms with Crippen LogP contribution in [-0.4, -0.2) is 76.1 Å². The van der Waals surface area contributed by atoms with E-state index in [0.29, 0.717) is 5.25 Å². The minimum Gasteiger partial charge on any atom is -0.373 e. The fourth-order valence-electron chi connectivity index (χ4n) is 4.82. The highest BCUT2D eigenvalue weighted by Gasteiger charge is 2.27.